The number of nitrogen functional groups attached to an aromatic ring is 1. The van der Waals surface area contributed by atoms with E-state index in [-0.39, 0.29) is 5.95 Å². The summed E-state index contributed by atoms with van der Waals surface area (Å²) in [6, 6.07) is 0. The minimum Gasteiger partial charge on any atom is -0.410 e. The number of anilines is 1. The van der Waals surface area contributed by atoms with E-state index in [4.69, 9.17) is 10.9 Å². The number of nitrogens with two attached hydrogens (primary N) is 1. The second-order valence-electron chi connectivity index (χ2n) is 1.02. The third kappa shape index (κ3) is 0.594. The largest absolute Gasteiger partial charge is 0.410 e. The molecule has 0 saturated heterocycles. The van der Waals surface area contributed by atoms with Crippen LogP contribution in [0, 0.1) is 0 Å². The maximum absolute atomic E-state index is 8.32. The highest BCUT2D eigenvalue weighted by molar-refractivity contribution is 5.08. The number of aromatic nitrogens is 3. The van der Waals surface area contributed by atoms with Gasteiger partial charge in [-0.3, -0.25) is 0 Å². The fraction of sp³-hybridized carbons (Fsp3) is 0. The van der Waals surface area contributed by atoms with Crippen LogP contribution in [0.4, 0.5) is 5.95 Å². The Kier molecular flexibility index (Phi) is 0.619. The van der Waals surface area contributed by atoms with Gasteiger partial charge in [0.1, 0.15) is 0 Å². The Morgan fingerprint density at radius 3 is 2.71 bits per heavy atom. The first-order chi connectivity index (χ1) is 3.29. The molecule has 3 N–H and O–H groups in total. The van der Waals surface area contributed by atoms with Crippen LogP contribution in [0.3, 0.4) is 0 Å². The summed E-state index contributed by atoms with van der Waals surface area (Å²) in [5.41, 5.74) is 4.98. The van der Waals surface area contributed by atoms with E-state index in [0.717, 1.165) is 6.33 Å². The van der Waals surface area contributed by atoms with Crippen molar-refractivity contribution in [2.45, 2.75) is 0 Å². The summed E-state index contributed by atoms with van der Waals surface area (Å²) >= 11 is 0. The lowest BCUT2D eigenvalue weighted by Crippen LogP contribution is -1.91. The van der Waals surface area contributed by atoms with Crippen molar-refractivity contribution in [2.24, 2.45) is 0 Å². The number of rotatable bonds is 0. The highest BCUT2D eigenvalue weighted by Crippen LogP contribution is 1.81. The summed E-state index contributed by atoms with van der Waals surface area (Å²) in [7, 11) is 0. The van der Waals surface area contributed by atoms with Crippen molar-refractivity contribution >= 4 is 5.95 Å². The molecule has 0 saturated carbocycles. The zero-order valence-electron chi connectivity index (χ0n) is 3.44. The first kappa shape index (κ1) is 3.91. The Morgan fingerprint density at radius 1 is 1.86 bits per heavy atom. The summed E-state index contributed by atoms with van der Waals surface area (Å²) < 4.78 is 0. The highest BCUT2D eigenvalue weighted by atomic mass is 16.5. The molecule has 0 atom stereocenters. The van der Waals surface area contributed by atoms with Gasteiger partial charge < -0.3 is 10.9 Å². The quantitative estimate of drug-likeness (QED) is 0.414. The first-order valence-electron chi connectivity index (χ1n) is 1.65. The molecule has 0 amide bonds. The van der Waals surface area contributed by atoms with E-state index in [1.54, 1.807) is 0 Å². The zero-order valence-corrected chi connectivity index (χ0v) is 3.44. The van der Waals surface area contributed by atoms with Gasteiger partial charge >= 0.3 is 0 Å². The minimum absolute atomic E-state index is 0.0718. The molecule has 38 valence electrons. The van der Waals surface area contributed by atoms with Crippen LogP contribution in [-0.4, -0.2) is 20.1 Å². The van der Waals surface area contributed by atoms with Gasteiger partial charge in [-0.25, -0.2) is 0 Å². The fourth-order valence-corrected chi connectivity index (χ4v) is 0.267. The molecule has 7 heavy (non-hydrogen) atoms. The number of nitrogens with zero attached hydrogens (tertiary/aromatic N) is 3. The average molecular weight is 100 g/mol. The lowest BCUT2D eigenvalue weighted by Gasteiger charge is -1.76. The summed E-state index contributed by atoms with van der Waals surface area (Å²) in [6.45, 7) is 0. The van der Waals surface area contributed by atoms with Crippen molar-refractivity contribution in [3.8, 4) is 0 Å². The lowest BCUT2D eigenvalue weighted by molar-refractivity contribution is 0.148. The van der Waals surface area contributed by atoms with Crippen LogP contribution in [0.15, 0.2) is 6.33 Å². The molecule has 0 aliphatic rings. The number of hydrogen-bond acceptors (Lipinski definition) is 4. The molecule has 5 heteroatoms. The standard InChI is InChI=1S/C2H4N4O/c3-2-4-1-6(7)5-2/h1,7H,(H2,3,5). The molecule has 0 aliphatic heterocycles. The van der Waals surface area contributed by atoms with Crippen molar-refractivity contribution in [1.29, 1.82) is 0 Å². The molecule has 0 spiro atoms. The molecule has 0 radical (unpaired) electrons. The van der Waals surface area contributed by atoms with E-state index >= 15 is 0 Å². The van der Waals surface area contributed by atoms with Crippen molar-refractivity contribution < 1.29 is 5.21 Å². The van der Waals surface area contributed by atoms with E-state index in [1.165, 1.54) is 0 Å². The van der Waals surface area contributed by atoms with Gasteiger partial charge in [-0.05, 0) is 0 Å². The second kappa shape index (κ2) is 1.11. The molecule has 1 aromatic rings. The van der Waals surface area contributed by atoms with Crippen LogP contribution in [0.2, 0.25) is 0 Å². The lowest BCUT2D eigenvalue weighted by atomic mass is 11.1. The van der Waals surface area contributed by atoms with Crippen LogP contribution in [0.25, 0.3) is 0 Å². The maximum atomic E-state index is 8.32. The molecule has 1 aromatic heterocycles. The average Bonchev–Trinajstić information content (AvgIpc) is 1.87. The Hall–Kier alpha value is -1.26. The third-order valence-corrected chi connectivity index (χ3v) is 0.498. The van der Waals surface area contributed by atoms with Gasteiger partial charge in [0.2, 0.25) is 5.95 Å². The van der Waals surface area contributed by atoms with E-state index in [9.17, 15) is 0 Å². The Labute approximate surface area is 39.3 Å². The molecule has 0 aromatic carbocycles. The summed E-state index contributed by atoms with van der Waals surface area (Å²) in [6.07, 6.45) is 1.11. The van der Waals surface area contributed by atoms with Gasteiger partial charge in [0, 0.05) is 0 Å². The molecular weight excluding hydrogens is 96.0 g/mol. The molecule has 0 unspecified atom stereocenters. The highest BCUT2D eigenvalue weighted by Gasteiger charge is 1.86. The van der Waals surface area contributed by atoms with Crippen molar-refractivity contribution in [1.82, 2.24) is 14.9 Å². The van der Waals surface area contributed by atoms with E-state index < -0.39 is 0 Å². The summed E-state index contributed by atoms with van der Waals surface area (Å²) in [5, 5.41) is 11.6. The van der Waals surface area contributed by atoms with Crippen LogP contribution in [0.1, 0.15) is 0 Å². The van der Waals surface area contributed by atoms with Gasteiger partial charge in [0.05, 0.1) is 0 Å². The van der Waals surface area contributed by atoms with Crippen LogP contribution in [-0.2, 0) is 0 Å². The van der Waals surface area contributed by atoms with E-state index in [0.29, 0.717) is 4.85 Å². The van der Waals surface area contributed by atoms with Gasteiger partial charge in [0.15, 0.2) is 6.33 Å². The van der Waals surface area contributed by atoms with Crippen LogP contribution in [0.5, 0.6) is 0 Å². The van der Waals surface area contributed by atoms with E-state index in [1.807, 2.05) is 0 Å². The summed E-state index contributed by atoms with van der Waals surface area (Å²) in [5.74, 6) is 0.0718. The molecule has 0 fully saturated rings. The van der Waals surface area contributed by atoms with Crippen molar-refractivity contribution in [3.05, 3.63) is 6.33 Å². The monoisotopic (exact) mass is 100 g/mol. The Morgan fingerprint density at radius 2 is 2.57 bits per heavy atom. The topological polar surface area (TPSA) is 77.0 Å². The molecule has 0 aliphatic carbocycles. The third-order valence-electron chi connectivity index (χ3n) is 0.498. The zero-order chi connectivity index (χ0) is 5.28. The molecule has 1 rings (SSSR count). The Balaban J connectivity index is 3.04. The molecule has 0 bridgehead atoms. The minimum atomic E-state index is 0.0718. The molecule has 1 heterocycles. The number of hydrogen-bond donors (Lipinski definition) is 2. The summed E-state index contributed by atoms with van der Waals surface area (Å²) in [4.78, 5) is 3.95. The second-order valence-corrected chi connectivity index (χ2v) is 1.02. The maximum Gasteiger partial charge on any atom is 0.243 e. The fourth-order valence-electron chi connectivity index (χ4n) is 0.267. The normalized spacial score (nSPS) is 9.14. The van der Waals surface area contributed by atoms with Crippen LogP contribution < -0.4 is 5.73 Å². The first-order valence-corrected chi connectivity index (χ1v) is 1.65. The van der Waals surface area contributed by atoms with Gasteiger partial charge in [0.25, 0.3) is 0 Å². The SMILES string of the molecule is Nc1ncn(O)n1. The smallest absolute Gasteiger partial charge is 0.243 e. The predicted molar refractivity (Wildman–Crippen MR) is 21.6 cm³/mol. The molecule has 5 nitrogen and oxygen atoms in total. The molecular formula is C2H4N4O. The van der Waals surface area contributed by atoms with Crippen LogP contribution >= 0.6 is 0 Å². The van der Waals surface area contributed by atoms with Crippen molar-refractivity contribution in [3.63, 3.8) is 0 Å². The van der Waals surface area contributed by atoms with Gasteiger partial charge in [-0.2, -0.15) is 4.98 Å². The van der Waals surface area contributed by atoms with Crippen molar-refractivity contribution in [2.75, 3.05) is 5.73 Å². The predicted octanol–water partition coefficient (Wildman–Crippen LogP) is -0.902. The van der Waals surface area contributed by atoms with E-state index in [2.05, 4.69) is 10.1 Å². The van der Waals surface area contributed by atoms with Gasteiger partial charge in [-0.1, -0.05) is 9.94 Å². The van der Waals surface area contributed by atoms with Gasteiger partial charge in [-0.15, -0.1) is 0 Å². The Bertz CT molecular complexity index is 142.